The van der Waals surface area contributed by atoms with Crippen molar-refractivity contribution in [2.24, 2.45) is 5.73 Å². The number of hydrogen-bond donors (Lipinski definition) is 1. The van der Waals surface area contributed by atoms with Crippen LogP contribution in [0, 0.1) is 6.92 Å². The minimum Gasteiger partial charge on any atom is -0.322 e. The third-order valence-corrected chi connectivity index (χ3v) is 2.71. The van der Waals surface area contributed by atoms with Gasteiger partial charge in [-0.1, -0.05) is 6.92 Å². The molecule has 18 heavy (non-hydrogen) atoms. The van der Waals surface area contributed by atoms with Crippen molar-refractivity contribution in [1.82, 2.24) is 24.7 Å². The van der Waals surface area contributed by atoms with Crippen molar-refractivity contribution in [3.63, 3.8) is 0 Å². The number of aryl methyl sites for hydroxylation is 2. The molecular formula is C12H18N6. The van der Waals surface area contributed by atoms with Crippen LogP contribution in [0.15, 0.2) is 18.6 Å². The molecule has 0 aromatic carbocycles. The zero-order valence-electron chi connectivity index (χ0n) is 10.7. The molecule has 2 aromatic rings. The molecule has 0 saturated carbocycles. The van der Waals surface area contributed by atoms with Crippen LogP contribution in [0.2, 0.25) is 0 Å². The van der Waals surface area contributed by atoms with Crippen LogP contribution in [0.4, 0.5) is 0 Å². The van der Waals surface area contributed by atoms with E-state index in [2.05, 4.69) is 27.0 Å². The largest absolute Gasteiger partial charge is 0.322 e. The summed E-state index contributed by atoms with van der Waals surface area (Å²) in [5, 5.41) is 4.19. The molecule has 2 N–H and O–H groups in total. The van der Waals surface area contributed by atoms with E-state index in [1.807, 2.05) is 17.7 Å². The molecule has 0 radical (unpaired) electrons. The quantitative estimate of drug-likeness (QED) is 0.852. The summed E-state index contributed by atoms with van der Waals surface area (Å²) in [6, 6.07) is 1.67. The monoisotopic (exact) mass is 246 g/mol. The molecule has 0 aliphatic rings. The number of nitrogens with two attached hydrogens (primary N) is 1. The Balaban J connectivity index is 2.11. The number of aromatic nitrogens is 5. The molecule has 1 unspecified atom stereocenters. The number of nitrogens with zero attached hydrogens (tertiary/aromatic N) is 5. The molecule has 2 heterocycles. The fourth-order valence-electron chi connectivity index (χ4n) is 1.83. The molecule has 0 saturated heterocycles. The third kappa shape index (κ3) is 2.89. The minimum absolute atomic E-state index is 0.175. The van der Waals surface area contributed by atoms with Gasteiger partial charge in [-0.3, -0.25) is 4.68 Å². The molecule has 2 aromatic heterocycles. The summed E-state index contributed by atoms with van der Waals surface area (Å²) in [6.07, 6.45) is 4.96. The summed E-state index contributed by atoms with van der Waals surface area (Å²) < 4.78 is 1.90. The van der Waals surface area contributed by atoms with Crippen molar-refractivity contribution in [1.29, 1.82) is 0 Å². The predicted octanol–water partition coefficient (Wildman–Crippen LogP) is 1.03. The normalized spacial score (nSPS) is 12.6. The summed E-state index contributed by atoms with van der Waals surface area (Å²) in [6.45, 7) is 4.83. The lowest BCUT2D eigenvalue weighted by Gasteiger charge is -2.11. The van der Waals surface area contributed by atoms with Crippen LogP contribution in [0.1, 0.15) is 36.7 Å². The van der Waals surface area contributed by atoms with Crippen LogP contribution in [-0.2, 0) is 13.0 Å². The van der Waals surface area contributed by atoms with Gasteiger partial charge in [0.25, 0.3) is 0 Å². The lowest BCUT2D eigenvalue weighted by atomic mass is 10.1. The van der Waals surface area contributed by atoms with Gasteiger partial charge < -0.3 is 5.73 Å². The van der Waals surface area contributed by atoms with E-state index >= 15 is 0 Å². The fourth-order valence-corrected chi connectivity index (χ4v) is 1.83. The van der Waals surface area contributed by atoms with Crippen LogP contribution >= 0.6 is 0 Å². The summed E-state index contributed by atoms with van der Waals surface area (Å²) in [5.74, 6) is 1.64. The van der Waals surface area contributed by atoms with Crippen molar-refractivity contribution in [2.75, 3.05) is 0 Å². The molecule has 0 bridgehead atoms. The van der Waals surface area contributed by atoms with Gasteiger partial charge in [-0.15, -0.1) is 0 Å². The Morgan fingerprint density at radius 1 is 1.39 bits per heavy atom. The molecule has 96 valence electrons. The molecule has 6 nitrogen and oxygen atoms in total. The first-order valence-corrected chi connectivity index (χ1v) is 6.12. The first-order valence-electron chi connectivity index (χ1n) is 6.12. The molecule has 0 amide bonds. The Morgan fingerprint density at radius 3 is 2.94 bits per heavy atom. The second kappa shape index (κ2) is 5.68. The van der Waals surface area contributed by atoms with E-state index in [-0.39, 0.29) is 6.04 Å². The highest BCUT2D eigenvalue weighted by Gasteiger charge is 2.13. The Bertz CT molecular complexity index is 507. The zero-order chi connectivity index (χ0) is 13.0. The predicted molar refractivity (Wildman–Crippen MR) is 67.7 cm³/mol. The van der Waals surface area contributed by atoms with E-state index in [4.69, 9.17) is 5.73 Å². The maximum atomic E-state index is 6.15. The van der Waals surface area contributed by atoms with Gasteiger partial charge in [0, 0.05) is 19.2 Å². The minimum atomic E-state index is -0.175. The first-order chi connectivity index (χ1) is 8.70. The average Bonchev–Trinajstić information content (AvgIpc) is 2.77. The smallest absolute Gasteiger partial charge is 0.138 e. The van der Waals surface area contributed by atoms with Gasteiger partial charge in [0.15, 0.2) is 0 Å². The second-order valence-corrected chi connectivity index (χ2v) is 4.24. The van der Waals surface area contributed by atoms with Crippen LogP contribution in [0.25, 0.3) is 0 Å². The Hall–Kier alpha value is -1.82. The lowest BCUT2D eigenvalue weighted by Crippen LogP contribution is -2.18. The van der Waals surface area contributed by atoms with E-state index in [1.165, 1.54) is 0 Å². The van der Waals surface area contributed by atoms with E-state index < -0.39 is 0 Å². The van der Waals surface area contributed by atoms with Crippen LogP contribution < -0.4 is 5.73 Å². The van der Waals surface area contributed by atoms with Crippen molar-refractivity contribution in [2.45, 2.75) is 39.3 Å². The standard InChI is InChI=1S/C12H18N6/c1-3-6-18-12(15-8-16-18)7-10(13)11-4-5-14-9(2)17-11/h4-5,8,10H,3,6-7,13H2,1-2H3. The van der Waals surface area contributed by atoms with Gasteiger partial charge in [-0.05, 0) is 19.4 Å². The SMILES string of the molecule is CCCn1ncnc1CC(N)c1ccnc(C)n1. The number of hydrogen-bond acceptors (Lipinski definition) is 5. The first kappa shape index (κ1) is 12.6. The Kier molecular flexibility index (Phi) is 3.99. The van der Waals surface area contributed by atoms with Gasteiger partial charge in [0.1, 0.15) is 18.0 Å². The van der Waals surface area contributed by atoms with Gasteiger partial charge in [-0.2, -0.15) is 5.10 Å². The molecule has 2 rings (SSSR count). The van der Waals surface area contributed by atoms with Crippen molar-refractivity contribution in [3.8, 4) is 0 Å². The topological polar surface area (TPSA) is 82.5 Å². The Labute approximate surface area is 106 Å². The molecule has 0 spiro atoms. The summed E-state index contributed by atoms with van der Waals surface area (Å²) in [5.41, 5.74) is 6.99. The average molecular weight is 246 g/mol. The maximum absolute atomic E-state index is 6.15. The van der Waals surface area contributed by atoms with Gasteiger partial charge in [0.05, 0.1) is 11.7 Å². The summed E-state index contributed by atoms with van der Waals surface area (Å²) in [7, 11) is 0. The van der Waals surface area contributed by atoms with E-state index in [0.29, 0.717) is 6.42 Å². The highest BCUT2D eigenvalue weighted by atomic mass is 15.3. The molecule has 0 aliphatic carbocycles. The van der Waals surface area contributed by atoms with Gasteiger partial charge in [0.2, 0.25) is 0 Å². The molecule has 6 heteroatoms. The molecular weight excluding hydrogens is 228 g/mol. The molecule has 1 atom stereocenters. The fraction of sp³-hybridized carbons (Fsp3) is 0.500. The van der Waals surface area contributed by atoms with E-state index in [0.717, 1.165) is 30.3 Å². The highest BCUT2D eigenvalue weighted by molar-refractivity contribution is 5.09. The Morgan fingerprint density at radius 2 is 2.22 bits per heavy atom. The summed E-state index contributed by atoms with van der Waals surface area (Å²) in [4.78, 5) is 12.7. The summed E-state index contributed by atoms with van der Waals surface area (Å²) >= 11 is 0. The van der Waals surface area contributed by atoms with Crippen LogP contribution in [0.3, 0.4) is 0 Å². The zero-order valence-corrected chi connectivity index (χ0v) is 10.7. The lowest BCUT2D eigenvalue weighted by molar-refractivity contribution is 0.544. The van der Waals surface area contributed by atoms with Gasteiger partial charge in [-0.25, -0.2) is 15.0 Å². The van der Waals surface area contributed by atoms with E-state index in [1.54, 1.807) is 12.5 Å². The van der Waals surface area contributed by atoms with Crippen molar-refractivity contribution >= 4 is 0 Å². The highest BCUT2D eigenvalue weighted by Crippen LogP contribution is 2.12. The van der Waals surface area contributed by atoms with Crippen molar-refractivity contribution < 1.29 is 0 Å². The number of rotatable bonds is 5. The molecule has 0 aliphatic heterocycles. The van der Waals surface area contributed by atoms with Crippen molar-refractivity contribution in [3.05, 3.63) is 35.9 Å². The maximum Gasteiger partial charge on any atom is 0.138 e. The molecule has 0 fully saturated rings. The second-order valence-electron chi connectivity index (χ2n) is 4.24. The van der Waals surface area contributed by atoms with Crippen LogP contribution in [-0.4, -0.2) is 24.7 Å². The van der Waals surface area contributed by atoms with Crippen LogP contribution in [0.5, 0.6) is 0 Å². The van der Waals surface area contributed by atoms with E-state index in [9.17, 15) is 0 Å². The third-order valence-electron chi connectivity index (χ3n) is 2.71. The van der Waals surface area contributed by atoms with Gasteiger partial charge >= 0.3 is 0 Å².